The van der Waals surface area contributed by atoms with Gasteiger partial charge in [-0.25, -0.2) is 0 Å². The van der Waals surface area contributed by atoms with Crippen molar-refractivity contribution in [1.29, 1.82) is 0 Å². The largest absolute Gasteiger partial charge is 0.366 e. The molecule has 0 aromatic carbocycles. The van der Waals surface area contributed by atoms with E-state index in [1.54, 1.807) is 0 Å². The van der Waals surface area contributed by atoms with Crippen molar-refractivity contribution in [3.05, 3.63) is 12.2 Å². The van der Waals surface area contributed by atoms with Crippen LogP contribution in [0.3, 0.4) is 0 Å². The van der Waals surface area contributed by atoms with E-state index in [0.717, 1.165) is 6.42 Å². The molecule has 0 rings (SSSR count). The number of nitrogens with two attached hydrogens (primary N) is 1. The Labute approximate surface area is 138 Å². The third-order valence-corrected chi connectivity index (χ3v) is 4.26. The summed E-state index contributed by atoms with van der Waals surface area (Å²) in [4.78, 5) is 10.5. The summed E-state index contributed by atoms with van der Waals surface area (Å²) in [6.07, 6.45) is 25.2. The van der Waals surface area contributed by atoms with Gasteiger partial charge in [-0.05, 0) is 18.9 Å². The summed E-state index contributed by atoms with van der Waals surface area (Å²) < 4.78 is 0. The molecule has 22 heavy (non-hydrogen) atoms. The number of carbonyl (C=O) groups is 1. The van der Waals surface area contributed by atoms with Gasteiger partial charge in [0.2, 0.25) is 5.91 Å². The minimum Gasteiger partial charge on any atom is -0.366 e. The van der Waals surface area contributed by atoms with Gasteiger partial charge in [0.25, 0.3) is 0 Å². The van der Waals surface area contributed by atoms with E-state index in [1.165, 1.54) is 102 Å². The molecule has 0 aromatic rings. The van der Waals surface area contributed by atoms with Crippen LogP contribution >= 0.6 is 0 Å². The van der Waals surface area contributed by atoms with Crippen LogP contribution in [0.1, 0.15) is 110 Å². The van der Waals surface area contributed by atoms with Gasteiger partial charge in [-0.1, -0.05) is 103 Å². The van der Waals surface area contributed by atoms with Crippen LogP contribution in [0.15, 0.2) is 12.2 Å². The lowest BCUT2D eigenvalue weighted by atomic mass is 10.0. The molecular formula is C20H39NO. The van der Waals surface area contributed by atoms with Gasteiger partial charge in [0.1, 0.15) is 0 Å². The standard InChI is InChI=1S/C20H39NO/c1-2-3-4-5-6-7-8-9-10-11-12-13-14-15-16-17-18-19-20(21)22/h18-19H,2-17H2,1H3,(H2,21,22)/b19-18-. The highest BCUT2D eigenvalue weighted by Gasteiger charge is 1.94. The first-order valence-electron chi connectivity index (χ1n) is 9.73. The summed E-state index contributed by atoms with van der Waals surface area (Å²) >= 11 is 0. The van der Waals surface area contributed by atoms with Crippen LogP contribution in [0.25, 0.3) is 0 Å². The Kier molecular flexibility index (Phi) is 17.6. The maximum Gasteiger partial charge on any atom is 0.241 e. The highest BCUT2D eigenvalue weighted by atomic mass is 16.1. The number of carbonyl (C=O) groups excluding carboxylic acids is 1. The maximum absolute atomic E-state index is 10.5. The molecule has 2 nitrogen and oxygen atoms in total. The predicted molar refractivity (Wildman–Crippen MR) is 97.9 cm³/mol. The van der Waals surface area contributed by atoms with Gasteiger partial charge < -0.3 is 5.73 Å². The third kappa shape index (κ3) is 19.2. The number of rotatable bonds is 17. The van der Waals surface area contributed by atoms with Gasteiger partial charge in [-0.15, -0.1) is 0 Å². The second-order valence-corrected chi connectivity index (χ2v) is 6.54. The first-order chi connectivity index (χ1) is 10.8. The normalized spacial score (nSPS) is 11.3. The van der Waals surface area contributed by atoms with Gasteiger partial charge in [0.05, 0.1) is 0 Å². The van der Waals surface area contributed by atoms with Gasteiger partial charge >= 0.3 is 0 Å². The monoisotopic (exact) mass is 309 g/mol. The Bertz CT molecular complexity index is 260. The molecule has 0 heterocycles. The molecule has 1 amide bonds. The fraction of sp³-hybridized carbons (Fsp3) is 0.850. The summed E-state index contributed by atoms with van der Waals surface area (Å²) in [7, 11) is 0. The van der Waals surface area contributed by atoms with Crippen molar-refractivity contribution in [3.8, 4) is 0 Å². The summed E-state index contributed by atoms with van der Waals surface area (Å²) in [5.41, 5.74) is 5.03. The lowest BCUT2D eigenvalue weighted by molar-refractivity contribution is -0.113. The molecule has 0 unspecified atom stereocenters. The van der Waals surface area contributed by atoms with Crippen molar-refractivity contribution >= 4 is 5.91 Å². The van der Waals surface area contributed by atoms with Gasteiger partial charge in [0.15, 0.2) is 0 Å². The van der Waals surface area contributed by atoms with Crippen LogP contribution < -0.4 is 5.73 Å². The van der Waals surface area contributed by atoms with Crippen LogP contribution in [-0.4, -0.2) is 5.91 Å². The lowest BCUT2D eigenvalue weighted by Crippen LogP contribution is -2.05. The highest BCUT2D eigenvalue weighted by molar-refractivity contribution is 5.85. The Morgan fingerprint density at radius 3 is 1.41 bits per heavy atom. The summed E-state index contributed by atoms with van der Waals surface area (Å²) in [5, 5.41) is 0. The van der Waals surface area contributed by atoms with Gasteiger partial charge in [-0.3, -0.25) is 4.79 Å². The molecule has 0 aliphatic carbocycles. The molecule has 0 aliphatic heterocycles. The van der Waals surface area contributed by atoms with Gasteiger partial charge in [-0.2, -0.15) is 0 Å². The van der Waals surface area contributed by atoms with Crippen molar-refractivity contribution in [1.82, 2.24) is 0 Å². The van der Waals surface area contributed by atoms with E-state index in [4.69, 9.17) is 5.73 Å². The van der Waals surface area contributed by atoms with Crippen molar-refractivity contribution in [3.63, 3.8) is 0 Å². The zero-order valence-corrected chi connectivity index (χ0v) is 15.0. The van der Waals surface area contributed by atoms with Crippen LogP contribution in [0.4, 0.5) is 0 Å². The second kappa shape index (κ2) is 18.3. The van der Waals surface area contributed by atoms with E-state index in [-0.39, 0.29) is 5.91 Å². The molecule has 130 valence electrons. The Balaban J connectivity index is 3.01. The minimum absolute atomic E-state index is 0.332. The number of primary amides is 1. The molecular weight excluding hydrogens is 270 g/mol. The second-order valence-electron chi connectivity index (χ2n) is 6.54. The van der Waals surface area contributed by atoms with Crippen LogP contribution in [0, 0.1) is 0 Å². The molecule has 0 atom stereocenters. The van der Waals surface area contributed by atoms with E-state index in [0.29, 0.717) is 0 Å². The Hall–Kier alpha value is -0.790. The fourth-order valence-electron chi connectivity index (χ4n) is 2.83. The molecule has 0 bridgehead atoms. The molecule has 0 saturated carbocycles. The molecule has 0 radical (unpaired) electrons. The van der Waals surface area contributed by atoms with E-state index in [1.807, 2.05) is 6.08 Å². The van der Waals surface area contributed by atoms with E-state index < -0.39 is 0 Å². The Morgan fingerprint density at radius 1 is 0.682 bits per heavy atom. The fourth-order valence-corrected chi connectivity index (χ4v) is 2.83. The van der Waals surface area contributed by atoms with Crippen molar-refractivity contribution in [2.45, 2.75) is 110 Å². The zero-order chi connectivity index (χ0) is 16.3. The molecule has 0 fully saturated rings. The SMILES string of the molecule is CCCCCCCCCCCCCCCCC/C=C\C(N)=O. The Morgan fingerprint density at radius 2 is 1.05 bits per heavy atom. The summed E-state index contributed by atoms with van der Waals surface area (Å²) in [6, 6.07) is 0. The van der Waals surface area contributed by atoms with Gasteiger partial charge in [0, 0.05) is 0 Å². The van der Waals surface area contributed by atoms with E-state index in [9.17, 15) is 4.79 Å². The minimum atomic E-state index is -0.332. The molecule has 0 aromatic heterocycles. The van der Waals surface area contributed by atoms with Crippen LogP contribution in [0.2, 0.25) is 0 Å². The smallest absolute Gasteiger partial charge is 0.241 e. The summed E-state index contributed by atoms with van der Waals surface area (Å²) in [5.74, 6) is -0.332. The molecule has 0 spiro atoms. The predicted octanol–water partition coefficient (Wildman–Crippen LogP) is 6.29. The zero-order valence-electron chi connectivity index (χ0n) is 15.0. The number of unbranched alkanes of at least 4 members (excludes halogenated alkanes) is 15. The highest BCUT2D eigenvalue weighted by Crippen LogP contribution is 2.13. The topological polar surface area (TPSA) is 43.1 Å². The quantitative estimate of drug-likeness (QED) is 0.249. The number of amides is 1. The van der Waals surface area contributed by atoms with Crippen molar-refractivity contribution in [2.24, 2.45) is 5.73 Å². The van der Waals surface area contributed by atoms with Crippen molar-refractivity contribution < 1.29 is 4.79 Å². The first kappa shape index (κ1) is 21.2. The lowest BCUT2D eigenvalue weighted by Gasteiger charge is -2.03. The number of allylic oxidation sites excluding steroid dienone is 1. The summed E-state index contributed by atoms with van der Waals surface area (Å²) in [6.45, 7) is 2.28. The van der Waals surface area contributed by atoms with E-state index in [2.05, 4.69) is 6.92 Å². The molecule has 2 N–H and O–H groups in total. The third-order valence-electron chi connectivity index (χ3n) is 4.26. The average molecular weight is 310 g/mol. The van der Waals surface area contributed by atoms with Crippen LogP contribution in [0.5, 0.6) is 0 Å². The number of hydrogen-bond acceptors (Lipinski definition) is 1. The molecule has 0 saturated heterocycles. The first-order valence-corrected chi connectivity index (χ1v) is 9.73. The maximum atomic E-state index is 10.5. The number of hydrogen-bond donors (Lipinski definition) is 1. The molecule has 0 aliphatic rings. The van der Waals surface area contributed by atoms with Crippen LogP contribution in [-0.2, 0) is 4.79 Å². The van der Waals surface area contributed by atoms with Crippen molar-refractivity contribution in [2.75, 3.05) is 0 Å². The average Bonchev–Trinajstić information content (AvgIpc) is 2.50. The molecule has 2 heteroatoms. The van der Waals surface area contributed by atoms with E-state index >= 15 is 0 Å².